The van der Waals surface area contributed by atoms with Crippen LogP contribution in [0.25, 0.3) is 0 Å². The Hall–Kier alpha value is -3.16. The molecule has 29 heavy (non-hydrogen) atoms. The van der Waals surface area contributed by atoms with Crippen LogP contribution in [0.15, 0.2) is 42.6 Å². The van der Waals surface area contributed by atoms with Gasteiger partial charge in [-0.1, -0.05) is 0 Å². The van der Waals surface area contributed by atoms with Crippen LogP contribution < -0.4 is 14.4 Å². The summed E-state index contributed by atoms with van der Waals surface area (Å²) in [4.78, 5) is 29.1. The molecule has 2 aliphatic heterocycles. The molecule has 2 aliphatic rings. The topological polar surface area (TPSA) is 84.9 Å². The molecule has 0 aliphatic carbocycles. The molecule has 152 valence electrons. The van der Waals surface area contributed by atoms with E-state index < -0.39 is 0 Å². The van der Waals surface area contributed by atoms with E-state index in [2.05, 4.69) is 10.2 Å². The van der Waals surface area contributed by atoms with E-state index in [1.807, 2.05) is 29.2 Å². The number of carbonyl (C=O) groups is 2. The molecule has 2 fully saturated rings. The first kappa shape index (κ1) is 19.2. The average molecular weight is 396 g/mol. The van der Waals surface area contributed by atoms with E-state index in [0.29, 0.717) is 25.5 Å². The summed E-state index contributed by atoms with van der Waals surface area (Å²) in [5.41, 5.74) is 0.786. The van der Waals surface area contributed by atoms with E-state index >= 15 is 0 Å². The minimum atomic E-state index is -0.333. The number of likely N-dealkylation sites (tertiary alicyclic amines) is 1. The third kappa shape index (κ3) is 4.31. The number of carbonyl (C=O) groups excluding carboxylic acids is 2. The lowest BCUT2D eigenvalue weighted by molar-refractivity contribution is -0.138. The summed E-state index contributed by atoms with van der Waals surface area (Å²) in [6.07, 6.45) is 3.44. The fraction of sp³-hybridized carbons (Fsp3) is 0.429. The fourth-order valence-corrected chi connectivity index (χ4v) is 3.90. The average Bonchev–Trinajstić information content (AvgIpc) is 3.16. The lowest BCUT2D eigenvalue weighted by atomic mass is 10.0. The molecule has 0 bridgehead atoms. The maximum absolute atomic E-state index is 13.1. The Kier molecular flexibility index (Phi) is 5.59. The zero-order valence-corrected chi connectivity index (χ0v) is 16.4. The van der Waals surface area contributed by atoms with Crippen molar-refractivity contribution in [2.45, 2.75) is 25.4 Å². The van der Waals surface area contributed by atoms with Crippen LogP contribution in [-0.2, 0) is 9.59 Å². The van der Waals surface area contributed by atoms with E-state index in [-0.39, 0.29) is 30.3 Å². The Labute approximate surface area is 169 Å². The highest BCUT2D eigenvalue weighted by Crippen LogP contribution is 2.29. The minimum Gasteiger partial charge on any atom is -0.497 e. The Morgan fingerprint density at radius 2 is 2.00 bits per heavy atom. The smallest absolute Gasteiger partial charge is 0.233 e. The molecule has 2 amide bonds. The third-order valence-electron chi connectivity index (χ3n) is 5.38. The van der Waals surface area contributed by atoms with Crippen LogP contribution in [0.5, 0.6) is 11.6 Å². The molecule has 2 atom stereocenters. The molecule has 1 aromatic carbocycles. The molecule has 2 saturated heterocycles. The van der Waals surface area contributed by atoms with Crippen molar-refractivity contribution in [1.82, 2.24) is 15.1 Å². The van der Waals surface area contributed by atoms with Gasteiger partial charge in [-0.3, -0.25) is 9.59 Å². The highest BCUT2D eigenvalue weighted by molar-refractivity contribution is 6.00. The van der Waals surface area contributed by atoms with Crippen molar-refractivity contribution in [3.05, 3.63) is 42.6 Å². The first-order valence-corrected chi connectivity index (χ1v) is 9.81. The highest BCUT2D eigenvalue weighted by Gasteiger charge is 2.38. The number of nitrogens with zero attached hydrogens (tertiary/aromatic N) is 4. The maximum atomic E-state index is 13.1. The van der Waals surface area contributed by atoms with Gasteiger partial charge in [-0.15, -0.1) is 5.10 Å². The maximum Gasteiger partial charge on any atom is 0.233 e. The summed E-state index contributed by atoms with van der Waals surface area (Å²) in [6.45, 7) is 1.59. The Morgan fingerprint density at radius 3 is 2.72 bits per heavy atom. The summed E-state index contributed by atoms with van der Waals surface area (Å²) < 4.78 is 11.0. The van der Waals surface area contributed by atoms with E-state index in [1.165, 1.54) is 0 Å². The van der Waals surface area contributed by atoms with Crippen LogP contribution >= 0.6 is 0 Å². The predicted molar refractivity (Wildman–Crippen MR) is 106 cm³/mol. The van der Waals surface area contributed by atoms with Crippen molar-refractivity contribution in [3.8, 4) is 11.6 Å². The predicted octanol–water partition coefficient (Wildman–Crippen LogP) is 1.91. The number of aromatic nitrogens is 2. The molecule has 2 unspecified atom stereocenters. The van der Waals surface area contributed by atoms with Gasteiger partial charge >= 0.3 is 0 Å². The van der Waals surface area contributed by atoms with Crippen molar-refractivity contribution < 1.29 is 19.1 Å². The molecule has 4 rings (SSSR count). The van der Waals surface area contributed by atoms with Gasteiger partial charge < -0.3 is 19.3 Å². The zero-order chi connectivity index (χ0) is 20.2. The molecule has 8 nitrogen and oxygen atoms in total. The summed E-state index contributed by atoms with van der Waals surface area (Å²) in [7, 11) is 1.60. The van der Waals surface area contributed by atoms with E-state index in [1.54, 1.807) is 30.3 Å². The SMILES string of the molecule is COc1ccc(N2CC(C(=O)N3CCCC(Oc4cccnn4)C3)CC2=O)cc1. The van der Waals surface area contributed by atoms with E-state index in [4.69, 9.17) is 9.47 Å². The van der Waals surface area contributed by atoms with Crippen LogP contribution in [0.2, 0.25) is 0 Å². The largest absolute Gasteiger partial charge is 0.497 e. The second-order valence-corrected chi connectivity index (χ2v) is 7.33. The second-order valence-electron chi connectivity index (χ2n) is 7.33. The zero-order valence-electron chi connectivity index (χ0n) is 16.4. The molecule has 0 radical (unpaired) electrons. The normalized spacial score (nSPS) is 21.9. The molecule has 3 heterocycles. The highest BCUT2D eigenvalue weighted by atomic mass is 16.5. The monoisotopic (exact) mass is 396 g/mol. The number of piperidine rings is 1. The van der Waals surface area contributed by atoms with Gasteiger partial charge in [0, 0.05) is 37.5 Å². The van der Waals surface area contributed by atoms with Gasteiger partial charge in [-0.05, 0) is 43.2 Å². The molecule has 0 saturated carbocycles. The van der Waals surface area contributed by atoms with Crippen molar-refractivity contribution in [3.63, 3.8) is 0 Å². The number of hydrogen-bond acceptors (Lipinski definition) is 6. The van der Waals surface area contributed by atoms with Crippen molar-refractivity contribution in [2.75, 3.05) is 31.6 Å². The Morgan fingerprint density at radius 1 is 1.17 bits per heavy atom. The van der Waals surface area contributed by atoms with Crippen molar-refractivity contribution in [1.29, 1.82) is 0 Å². The molecule has 0 N–H and O–H groups in total. The second kappa shape index (κ2) is 8.46. The van der Waals surface area contributed by atoms with Crippen molar-refractivity contribution in [2.24, 2.45) is 5.92 Å². The standard InChI is InChI=1S/C21H24N4O4/c1-28-17-8-6-16(7-9-17)25-13-15(12-20(25)26)21(27)24-11-3-4-18(14-24)29-19-5-2-10-22-23-19/h2,5-10,15,18H,3-4,11-14H2,1H3. The Bertz CT molecular complexity index is 859. The van der Waals surface area contributed by atoms with Gasteiger partial charge in [0.25, 0.3) is 0 Å². The molecule has 0 spiro atoms. The first-order valence-electron chi connectivity index (χ1n) is 9.81. The summed E-state index contributed by atoms with van der Waals surface area (Å²) in [5, 5.41) is 7.77. The molecular formula is C21H24N4O4. The van der Waals surface area contributed by atoms with E-state index in [9.17, 15) is 9.59 Å². The molecule has 8 heteroatoms. The lowest BCUT2D eigenvalue weighted by Gasteiger charge is -2.34. The van der Waals surface area contributed by atoms with Crippen LogP contribution in [-0.4, -0.2) is 59.8 Å². The first-order chi connectivity index (χ1) is 14.1. The van der Waals surface area contributed by atoms with Gasteiger partial charge in [0.15, 0.2) is 0 Å². The fourth-order valence-electron chi connectivity index (χ4n) is 3.90. The number of anilines is 1. The van der Waals surface area contributed by atoms with E-state index in [0.717, 1.165) is 24.3 Å². The summed E-state index contributed by atoms with van der Waals surface area (Å²) in [6, 6.07) is 10.8. The van der Waals surface area contributed by atoms with Gasteiger partial charge in [0.05, 0.1) is 19.6 Å². The number of methoxy groups -OCH3 is 1. The summed E-state index contributed by atoms with van der Waals surface area (Å²) in [5.74, 6) is 0.851. The number of hydrogen-bond donors (Lipinski definition) is 0. The Balaban J connectivity index is 1.38. The van der Waals surface area contributed by atoms with Crippen molar-refractivity contribution >= 4 is 17.5 Å². The molecule has 1 aromatic heterocycles. The van der Waals surface area contributed by atoms with Gasteiger partial charge in [-0.2, -0.15) is 5.10 Å². The van der Waals surface area contributed by atoms with Crippen LogP contribution in [0.1, 0.15) is 19.3 Å². The quantitative estimate of drug-likeness (QED) is 0.768. The minimum absolute atomic E-state index is 0.0156. The summed E-state index contributed by atoms with van der Waals surface area (Å²) >= 11 is 0. The van der Waals surface area contributed by atoms with Gasteiger partial charge in [-0.25, -0.2) is 0 Å². The number of rotatable bonds is 5. The van der Waals surface area contributed by atoms with Gasteiger partial charge in [0.2, 0.25) is 17.7 Å². The molecule has 2 aromatic rings. The number of ether oxygens (including phenoxy) is 2. The third-order valence-corrected chi connectivity index (χ3v) is 5.38. The van der Waals surface area contributed by atoms with Crippen LogP contribution in [0.4, 0.5) is 5.69 Å². The van der Waals surface area contributed by atoms with Crippen LogP contribution in [0, 0.1) is 5.92 Å². The molecular weight excluding hydrogens is 372 g/mol. The number of amides is 2. The van der Waals surface area contributed by atoms with Crippen LogP contribution in [0.3, 0.4) is 0 Å². The van der Waals surface area contributed by atoms with Gasteiger partial charge in [0.1, 0.15) is 11.9 Å². The number of benzene rings is 1. The lowest BCUT2D eigenvalue weighted by Crippen LogP contribution is -2.47.